The van der Waals surface area contributed by atoms with Gasteiger partial charge in [0.2, 0.25) is 15.9 Å². The summed E-state index contributed by atoms with van der Waals surface area (Å²) in [6, 6.07) is 14.1. The second-order valence-electron chi connectivity index (χ2n) is 7.07. The summed E-state index contributed by atoms with van der Waals surface area (Å²) in [5, 5.41) is 0. The van der Waals surface area contributed by atoms with Crippen LogP contribution in [0, 0.1) is 0 Å². The highest BCUT2D eigenvalue weighted by molar-refractivity contribution is 7.89. The molecule has 1 fully saturated rings. The topological polar surface area (TPSA) is 85.4 Å². The molecule has 1 saturated heterocycles. The van der Waals surface area contributed by atoms with E-state index in [1.807, 2.05) is 30.3 Å². The van der Waals surface area contributed by atoms with Gasteiger partial charge in [0.15, 0.2) is 0 Å². The Balaban J connectivity index is 1.52. The quantitative estimate of drug-likeness (QED) is 0.548. The van der Waals surface area contributed by atoms with E-state index in [0.717, 1.165) is 5.75 Å². The van der Waals surface area contributed by atoms with Crippen molar-refractivity contribution in [3.8, 4) is 17.2 Å². The maximum Gasteiger partial charge on any atom is 0.247 e. The van der Waals surface area contributed by atoms with Crippen molar-refractivity contribution in [3.05, 3.63) is 48.5 Å². The molecule has 0 bridgehead atoms. The summed E-state index contributed by atoms with van der Waals surface area (Å²) in [6.45, 7) is 1.62. The maximum absolute atomic E-state index is 13.1. The molecule has 9 heteroatoms. The van der Waals surface area contributed by atoms with E-state index in [1.165, 1.54) is 24.6 Å². The zero-order valence-electron chi connectivity index (χ0n) is 17.8. The van der Waals surface area contributed by atoms with E-state index in [0.29, 0.717) is 38.3 Å². The minimum absolute atomic E-state index is 0.00710. The van der Waals surface area contributed by atoms with Gasteiger partial charge in [0.05, 0.1) is 20.8 Å². The molecule has 1 amide bonds. The first-order valence-corrected chi connectivity index (χ1v) is 11.6. The number of rotatable bonds is 9. The first kappa shape index (κ1) is 22.9. The summed E-state index contributed by atoms with van der Waals surface area (Å²) in [5.74, 6) is 1.48. The van der Waals surface area contributed by atoms with E-state index in [1.54, 1.807) is 17.0 Å². The van der Waals surface area contributed by atoms with Crippen LogP contribution in [0.25, 0.3) is 0 Å². The Hall–Kier alpha value is -2.78. The van der Waals surface area contributed by atoms with Crippen molar-refractivity contribution in [2.45, 2.75) is 17.7 Å². The van der Waals surface area contributed by atoms with Gasteiger partial charge in [0, 0.05) is 38.7 Å². The van der Waals surface area contributed by atoms with Crippen LogP contribution in [0.4, 0.5) is 0 Å². The molecule has 1 aliphatic heterocycles. The maximum atomic E-state index is 13.1. The molecule has 2 aromatic rings. The summed E-state index contributed by atoms with van der Waals surface area (Å²) in [4.78, 5) is 14.3. The third-order valence-corrected chi connectivity index (χ3v) is 7.05. The minimum Gasteiger partial charge on any atom is -0.497 e. The molecule has 168 valence electrons. The van der Waals surface area contributed by atoms with Crippen molar-refractivity contribution >= 4 is 15.9 Å². The second-order valence-corrected chi connectivity index (χ2v) is 8.97. The summed E-state index contributed by atoms with van der Waals surface area (Å²) in [5.41, 5.74) is 0. The van der Waals surface area contributed by atoms with Crippen LogP contribution in [-0.2, 0) is 14.8 Å². The van der Waals surface area contributed by atoms with E-state index >= 15 is 0 Å². The Labute approximate surface area is 183 Å². The highest BCUT2D eigenvalue weighted by Gasteiger charge is 2.32. The van der Waals surface area contributed by atoms with Crippen molar-refractivity contribution in [1.82, 2.24) is 9.21 Å². The largest absolute Gasteiger partial charge is 0.497 e. The minimum atomic E-state index is -3.77. The number of carbonyl (C=O) groups is 1. The Morgan fingerprint density at radius 2 is 1.65 bits per heavy atom. The number of nitrogens with zero attached hydrogens (tertiary/aromatic N) is 2. The highest BCUT2D eigenvalue weighted by atomic mass is 32.2. The summed E-state index contributed by atoms with van der Waals surface area (Å²) in [7, 11) is -0.859. The van der Waals surface area contributed by atoms with Gasteiger partial charge in [-0.05, 0) is 30.7 Å². The van der Waals surface area contributed by atoms with Gasteiger partial charge in [-0.1, -0.05) is 18.2 Å². The van der Waals surface area contributed by atoms with Crippen LogP contribution in [0.5, 0.6) is 17.2 Å². The fraction of sp³-hybridized carbons (Fsp3) is 0.409. The standard InChI is InChI=1S/C22H28N2O6S/c1-28-19-10-11-20(29-2)21(17-19)31(26,27)24-14-12-23(13-15-24)22(25)9-6-16-30-18-7-4-3-5-8-18/h3-5,7-8,10-11,17H,6,9,12-16H2,1-2H3. The highest BCUT2D eigenvalue weighted by Crippen LogP contribution is 2.31. The molecule has 0 spiro atoms. The fourth-order valence-electron chi connectivity index (χ4n) is 3.39. The van der Waals surface area contributed by atoms with Crippen molar-refractivity contribution < 1.29 is 27.4 Å². The Kier molecular flexibility index (Phi) is 7.75. The Morgan fingerprint density at radius 1 is 0.935 bits per heavy atom. The van der Waals surface area contributed by atoms with E-state index in [2.05, 4.69) is 0 Å². The fourth-order valence-corrected chi connectivity index (χ4v) is 4.98. The lowest BCUT2D eigenvalue weighted by Gasteiger charge is -2.34. The van der Waals surface area contributed by atoms with Crippen molar-refractivity contribution in [1.29, 1.82) is 0 Å². The zero-order valence-corrected chi connectivity index (χ0v) is 18.6. The van der Waals surface area contributed by atoms with Gasteiger partial charge in [-0.3, -0.25) is 4.79 Å². The van der Waals surface area contributed by atoms with Crippen LogP contribution in [-0.4, -0.2) is 70.5 Å². The monoisotopic (exact) mass is 448 g/mol. The van der Waals surface area contributed by atoms with Gasteiger partial charge >= 0.3 is 0 Å². The van der Waals surface area contributed by atoms with Gasteiger partial charge in [-0.2, -0.15) is 4.31 Å². The molecule has 2 aromatic carbocycles. The van der Waals surface area contributed by atoms with Crippen LogP contribution < -0.4 is 14.2 Å². The lowest BCUT2D eigenvalue weighted by molar-refractivity contribution is -0.132. The van der Waals surface area contributed by atoms with Crippen LogP contribution in [0.15, 0.2) is 53.4 Å². The van der Waals surface area contributed by atoms with Gasteiger partial charge in [0.1, 0.15) is 22.1 Å². The normalized spacial score (nSPS) is 14.8. The van der Waals surface area contributed by atoms with E-state index < -0.39 is 10.0 Å². The number of methoxy groups -OCH3 is 2. The molecular formula is C22H28N2O6S. The molecule has 0 atom stereocenters. The molecule has 0 unspecified atom stereocenters. The van der Waals surface area contributed by atoms with Gasteiger partial charge < -0.3 is 19.1 Å². The number of benzene rings is 2. The van der Waals surface area contributed by atoms with Crippen LogP contribution in [0.2, 0.25) is 0 Å². The molecule has 3 rings (SSSR count). The van der Waals surface area contributed by atoms with Crippen LogP contribution >= 0.6 is 0 Å². The lowest BCUT2D eigenvalue weighted by atomic mass is 10.2. The molecule has 1 heterocycles. The number of hydrogen-bond acceptors (Lipinski definition) is 6. The second kappa shape index (κ2) is 10.5. The van der Waals surface area contributed by atoms with Gasteiger partial charge in [-0.15, -0.1) is 0 Å². The molecule has 0 N–H and O–H groups in total. The van der Waals surface area contributed by atoms with Crippen molar-refractivity contribution in [2.24, 2.45) is 0 Å². The molecule has 0 aliphatic carbocycles. The Morgan fingerprint density at radius 3 is 2.29 bits per heavy atom. The summed E-state index contributed by atoms with van der Waals surface area (Å²) in [6.07, 6.45) is 0.969. The lowest BCUT2D eigenvalue weighted by Crippen LogP contribution is -2.50. The molecule has 0 saturated carbocycles. The van der Waals surface area contributed by atoms with E-state index in [9.17, 15) is 13.2 Å². The summed E-state index contributed by atoms with van der Waals surface area (Å²) < 4.78 is 43.6. The molecule has 1 aliphatic rings. The third-order valence-electron chi connectivity index (χ3n) is 5.13. The van der Waals surface area contributed by atoms with E-state index in [-0.39, 0.29) is 29.6 Å². The molecule has 0 radical (unpaired) electrons. The average molecular weight is 449 g/mol. The zero-order chi connectivity index (χ0) is 22.3. The average Bonchev–Trinajstić information content (AvgIpc) is 2.82. The van der Waals surface area contributed by atoms with Crippen molar-refractivity contribution in [3.63, 3.8) is 0 Å². The Bertz CT molecular complexity index is 973. The number of ether oxygens (including phenoxy) is 3. The predicted molar refractivity (Wildman–Crippen MR) is 116 cm³/mol. The predicted octanol–water partition coefficient (Wildman–Crippen LogP) is 2.40. The number of para-hydroxylation sites is 1. The van der Waals surface area contributed by atoms with Crippen molar-refractivity contribution in [2.75, 3.05) is 47.0 Å². The number of amides is 1. The number of carbonyl (C=O) groups excluding carboxylic acids is 1. The smallest absolute Gasteiger partial charge is 0.247 e. The number of sulfonamides is 1. The third kappa shape index (κ3) is 5.68. The first-order chi connectivity index (χ1) is 15.0. The number of piperazine rings is 1. The van der Waals surface area contributed by atoms with Crippen LogP contribution in [0.1, 0.15) is 12.8 Å². The van der Waals surface area contributed by atoms with E-state index in [4.69, 9.17) is 14.2 Å². The number of hydrogen-bond donors (Lipinski definition) is 0. The van der Waals surface area contributed by atoms with Gasteiger partial charge in [-0.25, -0.2) is 8.42 Å². The molecule has 8 nitrogen and oxygen atoms in total. The SMILES string of the molecule is COc1ccc(OC)c(S(=O)(=O)N2CCN(C(=O)CCCOc3ccccc3)CC2)c1. The summed E-state index contributed by atoms with van der Waals surface area (Å²) >= 11 is 0. The molecule has 0 aromatic heterocycles. The first-order valence-electron chi connectivity index (χ1n) is 10.1. The molecule has 31 heavy (non-hydrogen) atoms. The van der Waals surface area contributed by atoms with Crippen LogP contribution in [0.3, 0.4) is 0 Å². The molecular weight excluding hydrogens is 420 g/mol. The van der Waals surface area contributed by atoms with Gasteiger partial charge in [0.25, 0.3) is 0 Å².